The summed E-state index contributed by atoms with van der Waals surface area (Å²) in [6, 6.07) is 8.45. The van der Waals surface area contributed by atoms with Gasteiger partial charge >= 0.3 is 0 Å². The molecule has 0 saturated heterocycles. The Bertz CT molecular complexity index is 508. The van der Waals surface area contributed by atoms with Crippen LogP contribution in [-0.4, -0.2) is 16.3 Å². The van der Waals surface area contributed by atoms with Crippen LogP contribution in [0.1, 0.15) is 25.0 Å². The first-order valence-corrected chi connectivity index (χ1v) is 6.75. The summed E-state index contributed by atoms with van der Waals surface area (Å²) in [6.45, 7) is 7.49. The SMILES string of the molecule is CCNCc1cccc(COc2cnn(CC)c2)c1. The molecule has 0 fully saturated rings. The molecule has 0 aliphatic rings. The minimum atomic E-state index is 0.579. The lowest BCUT2D eigenvalue weighted by Crippen LogP contribution is -2.11. The van der Waals surface area contributed by atoms with Crippen molar-refractivity contribution in [3.63, 3.8) is 0 Å². The van der Waals surface area contributed by atoms with Gasteiger partial charge in [-0.2, -0.15) is 5.10 Å². The third-order valence-corrected chi connectivity index (χ3v) is 2.91. The average Bonchev–Trinajstić information content (AvgIpc) is 2.91. The van der Waals surface area contributed by atoms with Crippen molar-refractivity contribution < 1.29 is 4.74 Å². The number of aryl methyl sites for hydroxylation is 1. The van der Waals surface area contributed by atoms with E-state index in [9.17, 15) is 0 Å². The minimum absolute atomic E-state index is 0.579. The van der Waals surface area contributed by atoms with Gasteiger partial charge in [0, 0.05) is 13.1 Å². The summed E-state index contributed by atoms with van der Waals surface area (Å²) in [5.41, 5.74) is 2.46. The second-order valence-corrected chi connectivity index (χ2v) is 4.42. The van der Waals surface area contributed by atoms with Crippen molar-refractivity contribution >= 4 is 0 Å². The lowest BCUT2D eigenvalue weighted by Gasteiger charge is -2.06. The third kappa shape index (κ3) is 4.10. The number of rotatable bonds is 7. The van der Waals surface area contributed by atoms with E-state index in [1.165, 1.54) is 11.1 Å². The van der Waals surface area contributed by atoms with Crippen LogP contribution in [0.3, 0.4) is 0 Å². The summed E-state index contributed by atoms with van der Waals surface area (Å²) in [5.74, 6) is 0.818. The van der Waals surface area contributed by atoms with Crippen LogP contribution in [0.15, 0.2) is 36.7 Å². The molecule has 0 amide bonds. The summed E-state index contributed by atoms with van der Waals surface area (Å²) in [7, 11) is 0. The summed E-state index contributed by atoms with van der Waals surface area (Å²) >= 11 is 0. The van der Waals surface area contributed by atoms with E-state index >= 15 is 0 Å². The van der Waals surface area contributed by atoms with Crippen molar-refractivity contribution in [2.24, 2.45) is 0 Å². The van der Waals surface area contributed by atoms with E-state index in [2.05, 4.69) is 48.5 Å². The first-order chi connectivity index (χ1) is 9.31. The molecule has 102 valence electrons. The molecule has 0 atom stereocenters. The lowest BCUT2D eigenvalue weighted by atomic mass is 10.1. The molecule has 19 heavy (non-hydrogen) atoms. The Balaban J connectivity index is 1.91. The number of hydrogen-bond donors (Lipinski definition) is 1. The zero-order chi connectivity index (χ0) is 13.5. The highest BCUT2D eigenvalue weighted by Gasteiger charge is 2.00. The van der Waals surface area contributed by atoms with Crippen LogP contribution in [0.5, 0.6) is 5.75 Å². The van der Waals surface area contributed by atoms with E-state index in [0.717, 1.165) is 25.4 Å². The van der Waals surface area contributed by atoms with E-state index < -0.39 is 0 Å². The summed E-state index contributed by atoms with van der Waals surface area (Å²) in [4.78, 5) is 0. The van der Waals surface area contributed by atoms with Crippen LogP contribution < -0.4 is 10.1 Å². The van der Waals surface area contributed by atoms with Gasteiger partial charge in [-0.05, 0) is 24.6 Å². The number of nitrogens with zero attached hydrogens (tertiary/aromatic N) is 2. The largest absolute Gasteiger partial charge is 0.486 e. The fraction of sp³-hybridized carbons (Fsp3) is 0.400. The zero-order valence-corrected chi connectivity index (χ0v) is 11.6. The second kappa shape index (κ2) is 6.95. The molecule has 1 aromatic carbocycles. The van der Waals surface area contributed by atoms with E-state index in [1.54, 1.807) is 6.20 Å². The molecule has 4 nitrogen and oxygen atoms in total. The molecule has 0 bridgehead atoms. The average molecular weight is 259 g/mol. The third-order valence-electron chi connectivity index (χ3n) is 2.91. The Labute approximate surface area is 114 Å². The molecule has 0 spiro atoms. The zero-order valence-electron chi connectivity index (χ0n) is 11.6. The van der Waals surface area contributed by atoms with Crippen molar-refractivity contribution in [2.75, 3.05) is 6.54 Å². The van der Waals surface area contributed by atoms with Crippen LogP contribution >= 0.6 is 0 Å². The quantitative estimate of drug-likeness (QED) is 0.830. The molecule has 0 radical (unpaired) electrons. The van der Waals surface area contributed by atoms with Crippen molar-refractivity contribution in [1.29, 1.82) is 0 Å². The molecular weight excluding hydrogens is 238 g/mol. The predicted octanol–water partition coefficient (Wildman–Crippen LogP) is 2.59. The fourth-order valence-corrected chi connectivity index (χ4v) is 1.86. The first-order valence-electron chi connectivity index (χ1n) is 6.75. The van der Waals surface area contributed by atoms with Gasteiger partial charge in [0.2, 0.25) is 0 Å². The van der Waals surface area contributed by atoms with Gasteiger partial charge in [0.25, 0.3) is 0 Å². The molecular formula is C15H21N3O. The highest BCUT2D eigenvalue weighted by molar-refractivity contribution is 5.23. The topological polar surface area (TPSA) is 39.1 Å². The van der Waals surface area contributed by atoms with E-state index in [0.29, 0.717) is 6.61 Å². The van der Waals surface area contributed by atoms with E-state index in [-0.39, 0.29) is 0 Å². The van der Waals surface area contributed by atoms with Crippen LogP contribution in [-0.2, 0) is 19.7 Å². The maximum Gasteiger partial charge on any atom is 0.157 e. The highest BCUT2D eigenvalue weighted by Crippen LogP contribution is 2.12. The minimum Gasteiger partial charge on any atom is -0.486 e. The normalized spacial score (nSPS) is 10.6. The maximum absolute atomic E-state index is 5.73. The second-order valence-electron chi connectivity index (χ2n) is 4.42. The molecule has 1 aromatic heterocycles. The standard InChI is InChI=1S/C15H21N3O/c1-3-16-9-13-6-5-7-14(8-13)12-19-15-10-17-18(4-2)11-15/h5-8,10-11,16H,3-4,9,12H2,1-2H3. The Morgan fingerprint density at radius 2 is 2.11 bits per heavy atom. The van der Waals surface area contributed by atoms with Crippen molar-refractivity contribution in [3.8, 4) is 5.75 Å². The van der Waals surface area contributed by atoms with Gasteiger partial charge in [-0.25, -0.2) is 0 Å². The lowest BCUT2D eigenvalue weighted by molar-refractivity contribution is 0.305. The predicted molar refractivity (Wildman–Crippen MR) is 76.1 cm³/mol. The van der Waals surface area contributed by atoms with Crippen molar-refractivity contribution in [1.82, 2.24) is 15.1 Å². The molecule has 1 N–H and O–H groups in total. The molecule has 0 aliphatic heterocycles. The number of ether oxygens (including phenoxy) is 1. The van der Waals surface area contributed by atoms with Gasteiger partial charge in [0.1, 0.15) is 6.61 Å². The number of aromatic nitrogens is 2. The van der Waals surface area contributed by atoms with Gasteiger partial charge in [0.05, 0.1) is 12.4 Å². The number of benzene rings is 1. The highest BCUT2D eigenvalue weighted by atomic mass is 16.5. The van der Waals surface area contributed by atoms with Gasteiger partial charge in [-0.1, -0.05) is 31.2 Å². The van der Waals surface area contributed by atoms with Gasteiger partial charge in [0.15, 0.2) is 5.75 Å². The fourth-order valence-electron chi connectivity index (χ4n) is 1.86. The Morgan fingerprint density at radius 1 is 1.26 bits per heavy atom. The molecule has 2 aromatic rings. The van der Waals surface area contributed by atoms with Crippen molar-refractivity contribution in [3.05, 3.63) is 47.8 Å². The number of nitrogens with one attached hydrogen (secondary N) is 1. The van der Waals surface area contributed by atoms with E-state index in [1.807, 2.05) is 10.9 Å². The summed E-state index contributed by atoms with van der Waals surface area (Å²) in [6.07, 6.45) is 3.68. The van der Waals surface area contributed by atoms with Crippen LogP contribution in [0.4, 0.5) is 0 Å². The van der Waals surface area contributed by atoms with Gasteiger partial charge < -0.3 is 10.1 Å². The van der Waals surface area contributed by atoms with Crippen molar-refractivity contribution in [2.45, 2.75) is 33.5 Å². The van der Waals surface area contributed by atoms with E-state index in [4.69, 9.17) is 4.74 Å². The van der Waals surface area contributed by atoms with Gasteiger partial charge in [-0.15, -0.1) is 0 Å². The van der Waals surface area contributed by atoms with Gasteiger partial charge in [-0.3, -0.25) is 4.68 Å². The molecule has 4 heteroatoms. The Hall–Kier alpha value is -1.81. The van der Waals surface area contributed by atoms with Crippen LogP contribution in [0, 0.1) is 0 Å². The number of hydrogen-bond acceptors (Lipinski definition) is 3. The monoisotopic (exact) mass is 259 g/mol. The van der Waals surface area contributed by atoms with Crippen LogP contribution in [0.2, 0.25) is 0 Å². The Morgan fingerprint density at radius 3 is 2.84 bits per heavy atom. The Kier molecular flexibility index (Phi) is 4.98. The maximum atomic E-state index is 5.73. The molecule has 0 aliphatic carbocycles. The molecule has 0 unspecified atom stereocenters. The first kappa shape index (κ1) is 13.6. The summed E-state index contributed by atoms with van der Waals surface area (Å²) < 4.78 is 7.59. The molecule has 1 heterocycles. The molecule has 2 rings (SSSR count). The summed E-state index contributed by atoms with van der Waals surface area (Å²) in [5, 5.41) is 7.51. The van der Waals surface area contributed by atoms with Crippen LogP contribution in [0.25, 0.3) is 0 Å². The smallest absolute Gasteiger partial charge is 0.157 e. The molecule has 0 saturated carbocycles.